The molecule has 1 rings (SSSR count). The van der Waals surface area contributed by atoms with Crippen molar-refractivity contribution < 1.29 is 4.55 Å². The Morgan fingerprint density at radius 2 is 1.94 bits per heavy atom. The van der Waals surface area contributed by atoms with E-state index in [0.717, 1.165) is 0 Å². The number of hydrogen-bond donors (Lipinski definition) is 0. The van der Waals surface area contributed by atoms with Gasteiger partial charge in [0.2, 0.25) is 0 Å². The molecule has 0 saturated heterocycles. The molecule has 0 spiro atoms. The summed E-state index contributed by atoms with van der Waals surface area (Å²) in [5.41, 5.74) is 0.673. The van der Waals surface area contributed by atoms with Crippen molar-refractivity contribution in [3.63, 3.8) is 0 Å². The van der Waals surface area contributed by atoms with Gasteiger partial charge in [-0.3, -0.25) is 0 Å². The topological polar surface area (TPSA) is 35.4 Å². The monoisotopic (exact) mass is 277 g/mol. The van der Waals surface area contributed by atoms with Gasteiger partial charge in [-0.1, -0.05) is 39.7 Å². The Morgan fingerprint density at radius 3 is 2.50 bits per heavy atom. The minimum Gasteiger partial charge on any atom is -0.591 e. The smallest absolute Gasteiger partial charge is 0.144 e. The van der Waals surface area contributed by atoms with Gasteiger partial charge < -0.3 is 4.55 Å². The fourth-order valence-corrected chi connectivity index (χ4v) is 1.77. The lowest BCUT2D eigenvalue weighted by atomic mass is 10.2. The SMILES string of the molecule is CC(C)(C)[S+]([O-])N=Cc1cccc(Cl)c1Cl. The summed E-state index contributed by atoms with van der Waals surface area (Å²) in [5.74, 6) is 0. The number of halogens is 2. The van der Waals surface area contributed by atoms with Crippen LogP contribution in [0.5, 0.6) is 0 Å². The zero-order chi connectivity index (χ0) is 12.3. The molecule has 0 saturated carbocycles. The fourth-order valence-electron chi connectivity index (χ4n) is 0.883. The summed E-state index contributed by atoms with van der Waals surface area (Å²) >= 11 is 10.5. The standard InChI is InChI=1S/C11H13Cl2NOS/c1-11(2,3)16(15)14-7-8-5-4-6-9(12)10(8)13/h4-7H,1-3H3. The largest absolute Gasteiger partial charge is 0.591 e. The van der Waals surface area contributed by atoms with Crippen LogP contribution < -0.4 is 0 Å². The first-order valence-corrected chi connectivity index (χ1v) is 6.58. The van der Waals surface area contributed by atoms with Crippen molar-refractivity contribution >= 4 is 40.8 Å². The second-order valence-electron chi connectivity index (χ2n) is 4.24. The summed E-state index contributed by atoms with van der Waals surface area (Å²) in [5, 5.41) is 0.894. The second kappa shape index (κ2) is 5.41. The van der Waals surface area contributed by atoms with E-state index < -0.39 is 11.4 Å². The summed E-state index contributed by atoms with van der Waals surface area (Å²) in [4.78, 5) is 0. The van der Waals surface area contributed by atoms with Crippen LogP contribution in [-0.4, -0.2) is 15.5 Å². The van der Waals surface area contributed by atoms with Crippen LogP contribution in [0.2, 0.25) is 10.0 Å². The van der Waals surface area contributed by atoms with Crippen LogP contribution >= 0.6 is 23.2 Å². The molecule has 1 aromatic carbocycles. The third kappa shape index (κ3) is 3.67. The fraction of sp³-hybridized carbons (Fsp3) is 0.364. The first-order chi connectivity index (χ1) is 7.32. The van der Waals surface area contributed by atoms with Crippen molar-refractivity contribution in [2.75, 3.05) is 0 Å². The Balaban J connectivity index is 2.89. The molecule has 0 aliphatic heterocycles. The summed E-state index contributed by atoms with van der Waals surface area (Å²) < 4.78 is 15.3. The molecule has 0 fully saturated rings. The molecule has 0 heterocycles. The van der Waals surface area contributed by atoms with Gasteiger partial charge in [-0.15, -0.1) is 0 Å². The third-order valence-corrected chi connectivity index (χ3v) is 3.97. The average Bonchev–Trinajstić information content (AvgIpc) is 2.18. The Hall–Kier alpha value is -0.220. The molecule has 0 aromatic heterocycles. The first-order valence-electron chi connectivity index (χ1n) is 4.72. The molecule has 2 nitrogen and oxygen atoms in total. The Bertz CT molecular complexity index is 401. The number of benzene rings is 1. The molecular formula is C11H13Cl2NOS. The van der Waals surface area contributed by atoms with Crippen LogP contribution in [0, 0.1) is 0 Å². The van der Waals surface area contributed by atoms with Crippen molar-refractivity contribution in [1.29, 1.82) is 0 Å². The third-order valence-electron chi connectivity index (χ3n) is 1.79. The maximum Gasteiger partial charge on any atom is 0.144 e. The van der Waals surface area contributed by atoms with Crippen LogP contribution in [0.15, 0.2) is 22.6 Å². The molecule has 88 valence electrons. The van der Waals surface area contributed by atoms with E-state index in [1.165, 1.54) is 6.21 Å². The minimum absolute atomic E-state index is 0.373. The lowest BCUT2D eigenvalue weighted by molar-refractivity contribution is 0.562. The van der Waals surface area contributed by atoms with E-state index in [0.29, 0.717) is 15.6 Å². The molecule has 1 atom stereocenters. The van der Waals surface area contributed by atoms with E-state index in [-0.39, 0.29) is 4.75 Å². The zero-order valence-electron chi connectivity index (χ0n) is 9.33. The molecular weight excluding hydrogens is 265 g/mol. The molecule has 0 radical (unpaired) electrons. The van der Waals surface area contributed by atoms with E-state index in [1.807, 2.05) is 20.8 Å². The Kier molecular flexibility index (Phi) is 4.68. The molecule has 0 aliphatic carbocycles. The van der Waals surface area contributed by atoms with Gasteiger partial charge in [0.05, 0.1) is 16.3 Å². The van der Waals surface area contributed by atoms with Gasteiger partial charge in [0.15, 0.2) is 0 Å². The van der Waals surface area contributed by atoms with Gasteiger partial charge in [0, 0.05) is 5.56 Å². The summed E-state index contributed by atoms with van der Waals surface area (Å²) in [6.07, 6.45) is 1.50. The van der Waals surface area contributed by atoms with Gasteiger partial charge in [-0.25, -0.2) is 0 Å². The second-order valence-corrected chi connectivity index (χ2v) is 6.96. The van der Waals surface area contributed by atoms with E-state index in [4.69, 9.17) is 23.2 Å². The van der Waals surface area contributed by atoms with Crippen molar-refractivity contribution in [3.05, 3.63) is 33.8 Å². The molecule has 1 aromatic rings. The number of hydrogen-bond acceptors (Lipinski definition) is 2. The molecule has 16 heavy (non-hydrogen) atoms. The quantitative estimate of drug-likeness (QED) is 0.597. The highest BCUT2D eigenvalue weighted by atomic mass is 35.5. The van der Waals surface area contributed by atoms with Gasteiger partial charge in [-0.2, -0.15) is 0 Å². The van der Waals surface area contributed by atoms with E-state index in [9.17, 15) is 4.55 Å². The maximum absolute atomic E-state index is 11.7. The summed E-state index contributed by atoms with van der Waals surface area (Å²) in [6.45, 7) is 5.58. The summed E-state index contributed by atoms with van der Waals surface area (Å²) in [6, 6.07) is 5.25. The predicted molar refractivity (Wildman–Crippen MR) is 72.0 cm³/mol. The highest BCUT2D eigenvalue weighted by Gasteiger charge is 2.25. The molecule has 5 heteroatoms. The van der Waals surface area contributed by atoms with Crippen LogP contribution in [0.25, 0.3) is 0 Å². The van der Waals surface area contributed by atoms with Gasteiger partial charge in [0.25, 0.3) is 0 Å². The number of nitrogens with zero attached hydrogens (tertiary/aromatic N) is 1. The molecule has 1 unspecified atom stereocenters. The average molecular weight is 278 g/mol. The lowest BCUT2D eigenvalue weighted by Gasteiger charge is -2.17. The van der Waals surface area contributed by atoms with E-state index in [2.05, 4.69) is 4.40 Å². The minimum atomic E-state index is -1.28. The van der Waals surface area contributed by atoms with Crippen LogP contribution in [0.3, 0.4) is 0 Å². The highest BCUT2D eigenvalue weighted by molar-refractivity contribution is 7.91. The first kappa shape index (κ1) is 13.8. The molecule has 0 aliphatic rings. The Morgan fingerprint density at radius 1 is 1.31 bits per heavy atom. The van der Waals surface area contributed by atoms with Crippen molar-refractivity contribution in [2.24, 2.45) is 4.40 Å². The summed E-state index contributed by atoms with van der Waals surface area (Å²) in [7, 11) is 0. The normalized spacial score (nSPS) is 14.4. The van der Waals surface area contributed by atoms with Gasteiger partial charge in [0.1, 0.15) is 16.1 Å². The van der Waals surface area contributed by atoms with Gasteiger partial charge in [-0.05, 0) is 26.8 Å². The van der Waals surface area contributed by atoms with E-state index >= 15 is 0 Å². The number of rotatable bonds is 2. The molecule has 0 amide bonds. The Labute approximate surface area is 109 Å². The zero-order valence-corrected chi connectivity index (χ0v) is 11.7. The van der Waals surface area contributed by atoms with Crippen molar-refractivity contribution in [2.45, 2.75) is 25.5 Å². The predicted octanol–water partition coefficient (Wildman–Crippen LogP) is 3.87. The van der Waals surface area contributed by atoms with Crippen LogP contribution in [0.1, 0.15) is 26.3 Å². The van der Waals surface area contributed by atoms with Crippen LogP contribution in [0.4, 0.5) is 0 Å². The van der Waals surface area contributed by atoms with Crippen molar-refractivity contribution in [3.8, 4) is 0 Å². The maximum atomic E-state index is 11.7. The van der Waals surface area contributed by atoms with Gasteiger partial charge >= 0.3 is 0 Å². The highest BCUT2D eigenvalue weighted by Crippen LogP contribution is 2.25. The molecule has 0 N–H and O–H groups in total. The van der Waals surface area contributed by atoms with Crippen molar-refractivity contribution in [1.82, 2.24) is 0 Å². The lowest BCUT2D eigenvalue weighted by Crippen LogP contribution is -2.25. The molecule has 0 bridgehead atoms. The van der Waals surface area contributed by atoms with Crippen LogP contribution in [-0.2, 0) is 11.4 Å². The van der Waals surface area contributed by atoms with E-state index in [1.54, 1.807) is 18.2 Å².